The van der Waals surface area contributed by atoms with Crippen molar-refractivity contribution in [1.82, 2.24) is 0 Å². The number of nitrogens with two attached hydrogens (primary N) is 1. The first-order valence-corrected chi connectivity index (χ1v) is 6.93. The Morgan fingerprint density at radius 3 is 2.65 bits per heavy atom. The zero-order valence-electron chi connectivity index (χ0n) is 11.6. The van der Waals surface area contributed by atoms with Crippen LogP contribution in [-0.2, 0) is 0 Å². The molecule has 1 aromatic carbocycles. The minimum absolute atomic E-state index is 0.222. The summed E-state index contributed by atoms with van der Waals surface area (Å²) in [5.41, 5.74) is 9.13. The molecule has 1 heterocycles. The molecule has 0 aliphatic carbocycles. The third-order valence-corrected chi connectivity index (χ3v) is 4.34. The molecule has 0 aliphatic heterocycles. The van der Waals surface area contributed by atoms with Gasteiger partial charge in [-0.25, -0.2) is 0 Å². The van der Waals surface area contributed by atoms with Crippen molar-refractivity contribution >= 4 is 27.9 Å². The van der Waals surface area contributed by atoms with Gasteiger partial charge in [0.25, 0.3) is 5.91 Å². The number of thiophene rings is 1. The van der Waals surface area contributed by atoms with Crippen molar-refractivity contribution in [2.75, 3.05) is 11.1 Å². The van der Waals surface area contributed by atoms with Crippen molar-refractivity contribution in [3.63, 3.8) is 0 Å². The molecule has 0 atom stereocenters. The number of carbonyl (C=O) groups excluding carboxylic acids is 1. The van der Waals surface area contributed by atoms with E-state index in [4.69, 9.17) is 5.73 Å². The van der Waals surface area contributed by atoms with Gasteiger partial charge >= 0.3 is 0 Å². The van der Waals surface area contributed by atoms with Gasteiger partial charge in [-0.1, -0.05) is 0 Å². The van der Waals surface area contributed by atoms with Gasteiger partial charge in [0.05, 0.1) is 5.56 Å². The number of nitrogens with zero attached hydrogens (tertiary/aromatic N) is 1. The van der Waals surface area contributed by atoms with Crippen LogP contribution in [0.5, 0.6) is 0 Å². The maximum Gasteiger partial charge on any atom is 0.256 e. The van der Waals surface area contributed by atoms with E-state index in [1.807, 2.05) is 20.8 Å². The average molecular weight is 285 g/mol. The molecule has 0 fully saturated rings. The lowest BCUT2D eigenvalue weighted by Gasteiger charge is -2.07. The standard InChI is InChI=1S/C15H15N3OS/c1-8-6-11(17)4-5-12(8)14(19)18-15-13(7-16)9(2)10(3)20-15/h4-6H,17H2,1-3H3,(H,18,19). The fourth-order valence-electron chi connectivity index (χ4n) is 1.96. The third-order valence-electron chi connectivity index (χ3n) is 3.22. The topological polar surface area (TPSA) is 78.9 Å². The van der Waals surface area contributed by atoms with Crippen molar-refractivity contribution in [2.24, 2.45) is 0 Å². The van der Waals surface area contributed by atoms with E-state index in [0.717, 1.165) is 16.0 Å². The molecule has 2 aromatic rings. The molecule has 0 spiro atoms. The molecule has 4 nitrogen and oxygen atoms in total. The van der Waals surface area contributed by atoms with Crippen molar-refractivity contribution in [3.8, 4) is 6.07 Å². The molecular weight excluding hydrogens is 270 g/mol. The van der Waals surface area contributed by atoms with Gasteiger partial charge in [0.1, 0.15) is 11.1 Å². The van der Waals surface area contributed by atoms with Crippen LogP contribution in [0.3, 0.4) is 0 Å². The number of nitriles is 1. The molecule has 20 heavy (non-hydrogen) atoms. The Labute approximate surface area is 121 Å². The van der Waals surface area contributed by atoms with E-state index < -0.39 is 0 Å². The Kier molecular flexibility index (Phi) is 3.77. The summed E-state index contributed by atoms with van der Waals surface area (Å²) in [6.07, 6.45) is 0. The summed E-state index contributed by atoms with van der Waals surface area (Å²) in [4.78, 5) is 13.3. The molecule has 1 aromatic heterocycles. The summed E-state index contributed by atoms with van der Waals surface area (Å²) >= 11 is 1.42. The van der Waals surface area contributed by atoms with E-state index >= 15 is 0 Å². The average Bonchev–Trinajstić information content (AvgIpc) is 2.64. The van der Waals surface area contributed by atoms with E-state index in [-0.39, 0.29) is 5.91 Å². The first-order valence-electron chi connectivity index (χ1n) is 6.11. The number of hydrogen-bond donors (Lipinski definition) is 2. The first-order chi connectivity index (χ1) is 9.43. The number of hydrogen-bond acceptors (Lipinski definition) is 4. The Morgan fingerprint density at radius 2 is 2.05 bits per heavy atom. The van der Waals surface area contributed by atoms with E-state index in [1.54, 1.807) is 18.2 Å². The van der Waals surface area contributed by atoms with Gasteiger partial charge in [-0.05, 0) is 50.1 Å². The number of amides is 1. The molecule has 2 rings (SSSR count). The Hall–Kier alpha value is -2.32. The van der Waals surface area contributed by atoms with Crippen LogP contribution < -0.4 is 11.1 Å². The summed E-state index contributed by atoms with van der Waals surface area (Å²) in [7, 11) is 0. The highest BCUT2D eigenvalue weighted by Crippen LogP contribution is 2.32. The normalized spacial score (nSPS) is 10.1. The lowest BCUT2D eigenvalue weighted by molar-refractivity contribution is 0.102. The van der Waals surface area contributed by atoms with Gasteiger partial charge in [0.2, 0.25) is 0 Å². The van der Waals surface area contributed by atoms with Crippen molar-refractivity contribution < 1.29 is 4.79 Å². The van der Waals surface area contributed by atoms with Gasteiger partial charge in [-0.15, -0.1) is 11.3 Å². The Morgan fingerprint density at radius 1 is 1.35 bits per heavy atom. The quantitative estimate of drug-likeness (QED) is 0.830. The van der Waals surface area contributed by atoms with Crippen LogP contribution in [0.2, 0.25) is 0 Å². The number of benzene rings is 1. The summed E-state index contributed by atoms with van der Waals surface area (Å²) < 4.78 is 0. The van der Waals surface area contributed by atoms with Crippen LogP contribution >= 0.6 is 11.3 Å². The van der Waals surface area contributed by atoms with Crippen LogP contribution in [0, 0.1) is 32.1 Å². The van der Waals surface area contributed by atoms with Crippen LogP contribution in [0.1, 0.15) is 31.9 Å². The first kappa shape index (κ1) is 14.1. The molecular formula is C15H15N3OS. The number of nitrogens with one attached hydrogen (secondary N) is 1. The highest BCUT2D eigenvalue weighted by Gasteiger charge is 2.16. The van der Waals surface area contributed by atoms with Gasteiger partial charge < -0.3 is 11.1 Å². The van der Waals surface area contributed by atoms with Crippen molar-refractivity contribution in [3.05, 3.63) is 45.3 Å². The highest BCUT2D eigenvalue weighted by molar-refractivity contribution is 7.16. The second-order valence-electron chi connectivity index (χ2n) is 4.63. The lowest BCUT2D eigenvalue weighted by Crippen LogP contribution is -2.13. The number of aryl methyl sites for hydroxylation is 2. The molecule has 1 amide bonds. The SMILES string of the molecule is Cc1cc(N)ccc1C(=O)Nc1sc(C)c(C)c1C#N. The van der Waals surface area contributed by atoms with Crippen LogP contribution in [0.4, 0.5) is 10.7 Å². The maximum atomic E-state index is 12.3. The van der Waals surface area contributed by atoms with E-state index in [1.165, 1.54) is 11.3 Å². The molecule has 5 heteroatoms. The van der Waals surface area contributed by atoms with Crippen LogP contribution in [-0.4, -0.2) is 5.91 Å². The molecule has 0 bridgehead atoms. The van der Waals surface area contributed by atoms with Crippen LogP contribution in [0.15, 0.2) is 18.2 Å². The number of rotatable bonds is 2. The largest absolute Gasteiger partial charge is 0.399 e. The van der Waals surface area contributed by atoms with E-state index in [9.17, 15) is 10.1 Å². The fourth-order valence-corrected chi connectivity index (χ4v) is 2.97. The summed E-state index contributed by atoms with van der Waals surface area (Å²) in [6, 6.07) is 7.28. The van der Waals surface area contributed by atoms with E-state index in [0.29, 0.717) is 21.8 Å². The predicted molar refractivity (Wildman–Crippen MR) is 82.1 cm³/mol. The smallest absolute Gasteiger partial charge is 0.256 e. The molecule has 3 N–H and O–H groups in total. The lowest BCUT2D eigenvalue weighted by atomic mass is 10.1. The summed E-state index contributed by atoms with van der Waals surface area (Å²) in [5.74, 6) is -0.222. The van der Waals surface area contributed by atoms with Gasteiger partial charge in [0.15, 0.2) is 0 Å². The second kappa shape index (κ2) is 5.35. The minimum atomic E-state index is -0.222. The predicted octanol–water partition coefficient (Wildman–Crippen LogP) is 3.38. The number of carbonyl (C=O) groups is 1. The van der Waals surface area contributed by atoms with Crippen LogP contribution in [0.25, 0.3) is 0 Å². The zero-order chi connectivity index (χ0) is 14.9. The molecule has 0 saturated heterocycles. The highest BCUT2D eigenvalue weighted by atomic mass is 32.1. The third kappa shape index (κ3) is 2.51. The van der Waals surface area contributed by atoms with E-state index in [2.05, 4.69) is 11.4 Å². The molecule has 0 aliphatic rings. The molecule has 0 unspecified atom stereocenters. The molecule has 0 radical (unpaired) electrons. The summed E-state index contributed by atoms with van der Waals surface area (Å²) in [6.45, 7) is 5.65. The van der Waals surface area contributed by atoms with Crippen molar-refractivity contribution in [1.29, 1.82) is 5.26 Å². The summed E-state index contributed by atoms with van der Waals surface area (Å²) in [5, 5.41) is 12.6. The van der Waals surface area contributed by atoms with Gasteiger partial charge in [-0.2, -0.15) is 5.26 Å². The minimum Gasteiger partial charge on any atom is -0.399 e. The van der Waals surface area contributed by atoms with Crippen molar-refractivity contribution in [2.45, 2.75) is 20.8 Å². The second-order valence-corrected chi connectivity index (χ2v) is 5.85. The molecule has 102 valence electrons. The number of nitrogen functional groups attached to an aromatic ring is 1. The fraction of sp³-hybridized carbons (Fsp3) is 0.200. The zero-order valence-corrected chi connectivity index (χ0v) is 12.4. The molecule has 0 saturated carbocycles. The maximum absolute atomic E-state index is 12.3. The Bertz CT molecular complexity index is 725. The monoisotopic (exact) mass is 285 g/mol. The number of anilines is 2. The van der Waals surface area contributed by atoms with Gasteiger partial charge in [-0.3, -0.25) is 4.79 Å². The van der Waals surface area contributed by atoms with Gasteiger partial charge in [0, 0.05) is 16.1 Å². The Balaban J connectivity index is 2.33.